The molecule has 3 N–H and O–H groups in total. The maximum atomic E-state index is 13.2. The molecule has 8 nitrogen and oxygen atoms in total. The third kappa shape index (κ3) is 4.46. The van der Waals surface area contributed by atoms with E-state index in [1.807, 2.05) is 18.2 Å². The fourth-order valence-electron chi connectivity index (χ4n) is 10.1. The van der Waals surface area contributed by atoms with Gasteiger partial charge in [-0.2, -0.15) is 0 Å². The van der Waals surface area contributed by atoms with Crippen molar-refractivity contribution in [3.63, 3.8) is 0 Å². The monoisotopic (exact) mass is 592 g/mol. The second kappa shape index (κ2) is 10.5. The molecular formula is C35H48N2O6. The van der Waals surface area contributed by atoms with Gasteiger partial charge in [0.15, 0.2) is 0 Å². The fourth-order valence-corrected chi connectivity index (χ4v) is 10.1. The molecule has 0 spiro atoms. The first-order chi connectivity index (χ1) is 20.2. The van der Waals surface area contributed by atoms with Crippen molar-refractivity contribution in [3.05, 3.63) is 59.2 Å². The van der Waals surface area contributed by atoms with Crippen LogP contribution in [0.15, 0.2) is 53.6 Å². The molecule has 1 aliphatic heterocycles. The molecule has 1 amide bonds. The second-order valence-corrected chi connectivity index (χ2v) is 14.9. The van der Waals surface area contributed by atoms with Crippen LogP contribution in [0.5, 0.6) is 0 Å². The maximum Gasteiger partial charge on any atom is 0.302 e. The normalized spacial score (nSPS) is 43.9. The SMILES string of the molecule is CC(=O)O[C@@H]1C[C@@]2(C)[C@H]3C(=CC[C@]2(C)[C@H]1[C@H](C)N(C)C)C=C1C[C@@H](O)[C@H](NC(=O)c2ccccc2)[C@@]2(C)CO[C@H](C12)[C@@H]3O. The number of hydrogen-bond acceptors (Lipinski definition) is 7. The number of ether oxygens (including phenoxy) is 2. The van der Waals surface area contributed by atoms with E-state index in [1.165, 1.54) is 6.92 Å². The average Bonchev–Trinajstić information content (AvgIpc) is 3.37. The third-order valence-electron chi connectivity index (χ3n) is 12.4. The van der Waals surface area contributed by atoms with Crippen molar-refractivity contribution in [2.45, 2.75) is 90.4 Å². The van der Waals surface area contributed by atoms with Crippen LogP contribution >= 0.6 is 0 Å². The molecule has 1 aromatic carbocycles. The summed E-state index contributed by atoms with van der Waals surface area (Å²) in [5, 5.41) is 27.0. The van der Waals surface area contributed by atoms with Crippen molar-refractivity contribution in [3.8, 4) is 0 Å². The van der Waals surface area contributed by atoms with Crippen LogP contribution in [-0.2, 0) is 14.3 Å². The molecule has 1 aromatic rings. The molecule has 6 rings (SSSR count). The van der Waals surface area contributed by atoms with E-state index in [1.54, 1.807) is 12.1 Å². The van der Waals surface area contributed by atoms with E-state index in [0.29, 0.717) is 25.0 Å². The maximum absolute atomic E-state index is 13.2. The second-order valence-electron chi connectivity index (χ2n) is 14.9. The molecule has 1 unspecified atom stereocenters. The van der Waals surface area contributed by atoms with E-state index in [0.717, 1.165) is 17.6 Å². The predicted molar refractivity (Wildman–Crippen MR) is 163 cm³/mol. The van der Waals surface area contributed by atoms with Gasteiger partial charge in [0, 0.05) is 41.7 Å². The number of rotatable bonds is 5. The molecule has 234 valence electrons. The van der Waals surface area contributed by atoms with Crippen molar-refractivity contribution < 1.29 is 29.3 Å². The Kier molecular flexibility index (Phi) is 7.48. The molecule has 2 saturated carbocycles. The van der Waals surface area contributed by atoms with Gasteiger partial charge in [-0.3, -0.25) is 9.59 Å². The van der Waals surface area contributed by atoms with E-state index < -0.39 is 29.8 Å². The number of carbonyl (C=O) groups is 2. The summed E-state index contributed by atoms with van der Waals surface area (Å²) in [6.45, 7) is 10.7. The van der Waals surface area contributed by atoms with Crippen LogP contribution in [0.25, 0.3) is 0 Å². The highest BCUT2D eigenvalue weighted by Gasteiger charge is 2.69. The number of nitrogens with zero attached hydrogens (tertiary/aromatic N) is 1. The summed E-state index contributed by atoms with van der Waals surface area (Å²) in [5.41, 5.74) is 1.49. The Balaban J connectivity index is 1.38. The number of nitrogens with one attached hydrogen (secondary N) is 1. The first kappa shape index (κ1) is 30.5. The number of hydrogen-bond donors (Lipinski definition) is 3. The van der Waals surface area contributed by atoms with E-state index in [9.17, 15) is 19.8 Å². The third-order valence-corrected chi connectivity index (χ3v) is 12.4. The summed E-state index contributed by atoms with van der Waals surface area (Å²) in [6.07, 6.45) is 4.03. The topological polar surface area (TPSA) is 108 Å². The number of esters is 1. The van der Waals surface area contributed by atoms with E-state index in [-0.39, 0.29) is 52.6 Å². The Morgan fingerprint density at radius 2 is 1.79 bits per heavy atom. The van der Waals surface area contributed by atoms with Gasteiger partial charge in [-0.25, -0.2) is 0 Å². The zero-order chi connectivity index (χ0) is 31.1. The van der Waals surface area contributed by atoms with Gasteiger partial charge in [0.05, 0.1) is 31.0 Å². The predicted octanol–water partition coefficient (Wildman–Crippen LogP) is 3.73. The summed E-state index contributed by atoms with van der Waals surface area (Å²) in [4.78, 5) is 27.8. The first-order valence-electron chi connectivity index (χ1n) is 15.8. The smallest absolute Gasteiger partial charge is 0.302 e. The minimum atomic E-state index is -0.802. The molecule has 4 aliphatic carbocycles. The molecule has 1 heterocycles. The summed E-state index contributed by atoms with van der Waals surface area (Å²) in [7, 11) is 4.14. The summed E-state index contributed by atoms with van der Waals surface area (Å²) in [6, 6.07) is 8.69. The Morgan fingerprint density at radius 3 is 2.44 bits per heavy atom. The number of allylic oxidation sites excluding steroid dienone is 2. The average molecular weight is 593 g/mol. The van der Waals surface area contributed by atoms with Crippen LogP contribution in [0.3, 0.4) is 0 Å². The summed E-state index contributed by atoms with van der Waals surface area (Å²) >= 11 is 0. The van der Waals surface area contributed by atoms with Crippen LogP contribution in [0.4, 0.5) is 0 Å². The van der Waals surface area contributed by atoms with Gasteiger partial charge in [-0.1, -0.05) is 56.7 Å². The van der Waals surface area contributed by atoms with Crippen LogP contribution in [0.1, 0.15) is 64.2 Å². The van der Waals surface area contributed by atoms with Gasteiger partial charge in [-0.05, 0) is 68.8 Å². The fraction of sp³-hybridized carbons (Fsp3) is 0.657. The van der Waals surface area contributed by atoms with Crippen LogP contribution in [0.2, 0.25) is 0 Å². The lowest BCUT2D eigenvalue weighted by Crippen LogP contribution is -2.60. The Bertz CT molecular complexity index is 1340. The molecule has 1 saturated heterocycles. The molecule has 12 atom stereocenters. The quantitative estimate of drug-likeness (QED) is 0.447. The number of aliphatic hydroxyl groups is 2. The van der Waals surface area contributed by atoms with Crippen molar-refractivity contribution in [2.75, 3.05) is 20.7 Å². The molecule has 0 aromatic heterocycles. The van der Waals surface area contributed by atoms with Crippen molar-refractivity contribution in [1.29, 1.82) is 0 Å². The van der Waals surface area contributed by atoms with Crippen LogP contribution < -0.4 is 5.32 Å². The van der Waals surface area contributed by atoms with Crippen molar-refractivity contribution >= 4 is 11.9 Å². The lowest BCUT2D eigenvalue weighted by Gasteiger charge is -2.54. The zero-order valence-corrected chi connectivity index (χ0v) is 26.5. The highest BCUT2D eigenvalue weighted by molar-refractivity contribution is 5.94. The Labute approximate surface area is 255 Å². The number of benzene rings is 1. The van der Waals surface area contributed by atoms with E-state index in [4.69, 9.17) is 9.47 Å². The molecule has 0 radical (unpaired) electrons. The van der Waals surface area contributed by atoms with Gasteiger partial charge in [0.25, 0.3) is 5.91 Å². The molecular weight excluding hydrogens is 544 g/mol. The number of fused-ring (bicyclic) bond motifs is 3. The summed E-state index contributed by atoms with van der Waals surface area (Å²) < 4.78 is 12.6. The number of amides is 1. The van der Waals surface area contributed by atoms with Gasteiger partial charge in [-0.15, -0.1) is 0 Å². The minimum Gasteiger partial charge on any atom is -0.462 e. The number of aliphatic hydroxyl groups excluding tert-OH is 2. The van der Waals surface area contributed by atoms with Gasteiger partial charge < -0.3 is 29.9 Å². The molecule has 5 aliphatic rings. The largest absolute Gasteiger partial charge is 0.462 e. The van der Waals surface area contributed by atoms with Gasteiger partial charge in [0.1, 0.15) is 6.10 Å². The van der Waals surface area contributed by atoms with Gasteiger partial charge in [0.2, 0.25) is 0 Å². The molecule has 43 heavy (non-hydrogen) atoms. The first-order valence-corrected chi connectivity index (χ1v) is 15.8. The lowest BCUT2D eigenvalue weighted by atomic mass is 9.51. The highest BCUT2D eigenvalue weighted by atomic mass is 16.5. The summed E-state index contributed by atoms with van der Waals surface area (Å²) in [5.74, 6) is -0.811. The minimum absolute atomic E-state index is 0.0775. The van der Waals surface area contributed by atoms with Crippen molar-refractivity contribution in [2.24, 2.45) is 34.0 Å². The molecule has 8 heteroatoms. The Morgan fingerprint density at radius 1 is 1.09 bits per heavy atom. The zero-order valence-electron chi connectivity index (χ0n) is 26.5. The van der Waals surface area contributed by atoms with E-state index in [2.05, 4.69) is 64.2 Å². The van der Waals surface area contributed by atoms with Gasteiger partial charge >= 0.3 is 5.97 Å². The molecule has 0 bridgehead atoms. The van der Waals surface area contributed by atoms with Crippen molar-refractivity contribution in [1.82, 2.24) is 10.2 Å². The molecule has 3 fully saturated rings. The lowest BCUT2D eigenvalue weighted by molar-refractivity contribution is -0.150. The highest BCUT2D eigenvalue weighted by Crippen LogP contribution is 2.69. The standard InChI is InChI=1S/C35H48N2O6/c1-19(37(6)7)26-25(43-20(2)38)17-35(5)27-22(13-14-34(26,35)4)15-23-16-24(39)31(36-32(41)21-11-9-8-10-12-21)33(3)18-42-30(28(23)33)29(27)40/h8-13,15,19,24-31,39-40H,14,16-18H2,1-7H3,(H,36,41)/t19-,24+,25+,26-,27-,28?,29+,30+,31-,33-,34+,35-/m0/s1. The Hall–Kier alpha value is -2.52. The number of carbonyl (C=O) groups excluding carboxylic acids is 2. The van der Waals surface area contributed by atoms with Crippen LogP contribution in [-0.4, -0.2) is 84.2 Å². The van der Waals surface area contributed by atoms with Crippen LogP contribution in [0, 0.1) is 34.0 Å². The van der Waals surface area contributed by atoms with E-state index >= 15 is 0 Å².